The smallest absolute Gasteiger partial charge is 1.00 e. The molecule has 5 aromatic rings. The van der Waals surface area contributed by atoms with Crippen LogP contribution in [0.2, 0.25) is 0 Å². The fourth-order valence-electron chi connectivity index (χ4n) is 6.56. The molecule has 0 aliphatic heterocycles. The molecule has 0 heterocycles. The average Bonchev–Trinajstić information content (AvgIpc) is 3.66. The molecule has 0 spiro atoms. The second-order valence-corrected chi connectivity index (χ2v) is 18.6. The van der Waals surface area contributed by atoms with Gasteiger partial charge >= 0.3 is 137 Å². The van der Waals surface area contributed by atoms with Gasteiger partial charge in [-0.2, -0.15) is 11.6 Å². The molecule has 0 aromatic heterocycles. The monoisotopic (exact) mass is 902 g/mol. The molecule has 1 atom stereocenters. The van der Waals surface area contributed by atoms with Crippen LogP contribution >= 0.6 is 0 Å². The molecule has 0 saturated carbocycles. The van der Waals surface area contributed by atoms with Gasteiger partial charge in [0.25, 0.3) is 0 Å². The van der Waals surface area contributed by atoms with E-state index in [0.717, 1.165) is 54.9 Å². The first-order valence-corrected chi connectivity index (χ1v) is 19.9. The summed E-state index contributed by atoms with van der Waals surface area (Å²) in [6, 6.07) is 25.3. The van der Waals surface area contributed by atoms with E-state index in [-0.39, 0.29) is 46.8 Å². The van der Waals surface area contributed by atoms with Crippen LogP contribution < -0.4 is 24.8 Å². The van der Waals surface area contributed by atoms with Crippen LogP contribution in [0.15, 0.2) is 108 Å². The van der Waals surface area contributed by atoms with Gasteiger partial charge in [-0.15, -0.1) is 39.7 Å². The molecule has 1 aliphatic rings. The van der Waals surface area contributed by atoms with Crippen LogP contribution in [0.5, 0.6) is 0 Å². The predicted molar refractivity (Wildman–Crippen MR) is 214 cm³/mol. The largest absolute Gasteiger partial charge is 1.00 e. The Bertz CT molecular complexity index is 2090. The van der Waals surface area contributed by atoms with E-state index in [0.29, 0.717) is 14.5 Å². The van der Waals surface area contributed by atoms with Crippen molar-refractivity contribution in [2.75, 3.05) is 0 Å². The number of rotatable bonds is 3. The van der Waals surface area contributed by atoms with Crippen molar-refractivity contribution < 1.29 is 75.4 Å². The van der Waals surface area contributed by atoms with Crippen molar-refractivity contribution in [3.63, 3.8) is 0 Å². The van der Waals surface area contributed by atoms with Gasteiger partial charge in [0.15, 0.2) is 0 Å². The molecular weight excluding hydrogens is 853 g/mol. The maximum atomic E-state index is 12.7. The zero-order valence-corrected chi connectivity index (χ0v) is 38.5. The Labute approximate surface area is 362 Å². The second-order valence-electron chi connectivity index (χ2n) is 17.4. The van der Waals surface area contributed by atoms with Gasteiger partial charge in [0.05, 0.1) is 0 Å². The summed E-state index contributed by atoms with van der Waals surface area (Å²) in [7, 11) is 0. The minimum atomic E-state index is -4.49. The van der Waals surface area contributed by atoms with Crippen LogP contribution in [-0.4, -0.2) is 3.21 Å². The van der Waals surface area contributed by atoms with E-state index in [1.165, 1.54) is 68.1 Å². The fraction of sp³-hybridized carbons (Fsp3) is 0.375. The molecule has 0 radical (unpaired) electrons. The molecule has 0 N–H and O–H groups in total. The fourth-order valence-corrected chi connectivity index (χ4v) is 7.33. The summed E-state index contributed by atoms with van der Waals surface area (Å²) in [5.41, 5.74) is 5.33. The molecule has 306 valence electrons. The maximum absolute atomic E-state index is 12.7. The van der Waals surface area contributed by atoms with Crippen LogP contribution in [0.4, 0.5) is 26.3 Å². The molecule has 57 heavy (non-hydrogen) atoms. The summed E-state index contributed by atoms with van der Waals surface area (Å²) in [6.07, 6.45) is -2.02. The molecule has 9 heteroatoms. The normalized spacial score (nSPS) is 14.7. The quantitative estimate of drug-likeness (QED) is 0.126. The van der Waals surface area contributed by atoms with Gasteiger partial charge in [0.1, 0.15) is 0 Å². The third kappa shape index (κ3) is 13.1. The Hall–Kier alpha value is -2.86. The summed E-state index contributed by atoms with van der Waals surface area (Å²) in [4.78, 5) is 0. The second kappa shape index (κ2) is 19.0. The van der Waals surface area contributed by atoms with Crippen LogP contribution in [-0.2, 0) is 47.4 Å². The number of benzene rings is 4. The summed E-state index contributed by atoms with van der Waals surface area (Å²) in [5.74, 6) is 0.522. The van der Waals surface area contributed by atoms with Crippen molar-refractivity contribution in [3.8, 4) is 0 Å². The minimum Gasteiger partial charge on any atom is -1.00 e. The number of hydrogen-bond donors (Lipinski definition) is 0. The van der Waals surface area contributed by atoms with Crippen LogP contribution in [0.25, 0.3) is 21.5 Å². The third-order valence-corrected chi connectivity index (χ3v) is 11.1. The zero-order chi connectivity index (χ0) is 41.3. The topological polar surface area (TPSA) is 0 Å². The van der Waals surface area contributed by atoms with Crippen molar-refractivity contribution in [2.24, 2.45) is 11.3 Å². The van der Waals surface area contributed by atoms with Crippen molar-refractivity contribution >= 4 is 24.8 Å². The van der Waals surface area contributed by atoms with E-state index < -0.39 is 23.5 Å². The Kier molecular flexibility index (Phi) is 16.8. The summed E-state index contributed by atoms with van der Waals surface area (Å²) in [5, 5.41) is 5.48. The van der Waals surface area contributed by atoms with Gasteiger partial charge < -0.3 is 24.8 Å². The number of fused-ring (bicyclic) bond motifs is 3. The molecule has 0 fully saturated rings. The van der Waals surface area contributed by atoms with E-state index in [4.69, 9.17) is 0 Å². The van der Waals surface area contributed by atoms with Gasteiger partial charge in [-0.05, 0) is 10.8 Å². The van der Waals surface area contributed by atoms with Crippen LogP contribution in [0.3, 0.4) is 0 Å². The van der Waals surface area contributed by atoms with Crippen LogP contribution in [0.1, 0.15) is 116 Å². The Morgan fingerprint density at radius 2 is 1.00 bits per heavy atom. The Morgan fingerprint density at radius 3 is 1.32 bits per heavy atom. The summed E-state index contributed by atoms with van der Waals surface area (Å²) >= 11 is 0.729. The van der Waals surface area contributed by atoms with E-state index in [2.05, 4.69) is 131 Å². The summed E-state index contributed by atoms with van der Waals surface area (Å²) in [6.45, 7) is 24.9. The van der Waals surface area contributed by atoms with Gasteiger partial charge in [-0.3, -0.25) is 6.08 Å². The first kappa shape index (κ1) is 50.3. The van der Waals surface area contributed by atoms with Gasteiger partial charge in [-0.1, -0.05) is 129 Å². The van der Waals surface area contributed by atoms with Gasteiger partial charge in [0, 0.05) is 0 Å². The van der Waals surface area contributed by atoms with E-state index in [1.54, 1.807) is 0 Å². The number of halogens is 8. The molecule has 5 aromatic carbocycles. The number of allylic oxidation sites excluding steroid dienone is 4. The first-order valence-electron chi connectivity index (χ1n) is 18.6. The standard InChI is InChI=1S/C21H25.C15H8F6.C12H19.2ClH.Zr/c1-20(2,3)16-7-9-18-14(12-16)11-15-13-17(21(4,5)6)8-10-19(15)18;16-14(17,18)12-5-1-3-10(8-12)7-11-4-2-6-13(9-11)15(19,20)21;1-6-10-7-9(2)8-11(10)12(3,4)5;;;/h7-13H,1-6H3;1-6,8-9H;8-9H,6H2,1-5H3;2*1H;/q-1;;-1;;;+2/p-2. The molecule has 0 saturated heterocycles. The number of hydrogen-bond acceptors (Lipinski definition) is 0. The van der Waals surface area contributed by atoms with Crippen molar-refractivity contribution in [1.29, 1.82) is 0 Å². The predicted octanol–water partition coefficient (Wildman–Crippen LogP) is 8.90. The average molecular weight is 905 g/mol. The van der Waals surface area contributed by atoms with E-state index in [1.807, 2.05) is 0 Å². The minimum absolute atomic E-state index is 0. The van der Waals surface area contributed by atoms with Gasteiger partial charge in [-0.25, -0.2) is 5.57 Å². The van der Waals surface area contributed by atoms with Crippen molar-refractivity contribution in [2.45, 2.75) is 106 Å². The molecule has 0 bridgehead atoms. The first-order chi connectivity index (χ1) is 25.2. The maximum Gasteiger partial charge on any atom is -1.00 e. The molecule has 0 amide bonds. The van der Waals surface area contributed by atoms with Crippen LogP contribution in [0, 0.1) is 17.4 Å². The Balaban J connectivity index is 0.000000302. The molecule has 0 nitrogen and oxygen atoms in total. The van der Waals surface area contributed by atoms with E-state index in [9.17, 15) is 26.3 Å². The molecule has 6 rings (SSSR count). The van der Waals surface area contributed by atoms with Gasteiger partial charge in [0.2, 0.25) is 0 Å². The third-order valence-electron chi connectivity index (χ3n) is 9.70. The van der Waals surface area contributed by atoms with Crippen molar-refractivity contribution in [3.05, 3.63) is 148 Å². The SMILES string of the molecule is CC(C)(C)c1ccc2c(c1)[cH-]c1cc(C(C)(C)C)ccc12.CCC1=[C-]C(C)C=C1C(C)(C)C.FC(F)(F)c1cccc([C](=[Zr+2])c2cccc(C(F)(F)F)c2)c1.[Cl-].[Cl-]. The van der Waals surface area contributed by atoms with Crippen molar-refractivity contribution in [1.82, 2.24) is 0 Å². The molecule has 1 unspecified atom stereocenters. The Morgan fingerprint density at radius 1 is 0.596 bits per heavy atom. The summed E-state index contributed by atoms with van der Waals surface area (Å²) < 4.78 is 76.7. The molecular formula is C48H52Cl2F6Zr-2. The van der Waals surface area contributed by atoms with E-state index >= 15 is 0 Å². The zero-order valence-electron chi connectivity index (χ0n) is 34.5. The number of alkyl halides is 6. The molecule has 1 aliphatic carbocycles.